The fraction of sp³-hybridized carbons (Fsp3) is 0.333. The number of anilines is 1. The molecule has 0 atom stereocenters. The van der Waals surface area contributed by atoms with E-state index in [4.69, 9.17) is 0 Å². The maximum atomic E-state index is 11.0. The van der Waals surface area contributed by atoms with Gasteiger partial charge in [0.15, 0.2) is 0 Å². The maximum absolute atomic E-state index is 11.0. The first-order valence-electron chi connectivity index (χ1n) is 5.09. The Morgan fingerprint density at radius 3 is 2.87 bits per heavy atom. The zero-order chi connectivity index (χ0) is 10.8. The van der Waals surface area contributed by atoms with Crippen molar-refractivity contribution in [2.45, 2.75) is 26.2 Å². The van der Waals surface area contributed by atoms with Gasteiger partial charge in [-0.25, -0.2) is 0 Å². The Morgan fingerprint density at radius 1 is 1.40 bits per heavy atom. The molecule has 1 aromatic rings. The first-order valence-corrected chi connectivity index (χ1v) is 5.09. The Morgan fingerprint density at radius 2 is 2.20 bits per heavy atom. The highest BCUT2D eigenvalue weighted by Crippen LogP contribution is 2.30. The van der Waals surface area contributed by atoms with Crippen molar-refractivity contribution in [1.29, 1.82) is 0 Å². The summed E-state index contributed by atoms with van der Waals surface area (Å²) in [7, 11) is 0. The standard InChI is InChI=1S/C12H13NO2/c1-8(15)13-12-6-9(7-14)5-10-3-2-4-11(10)12/h5-7H,2-4H2,1H3,(H,13,15). The number of rotatable bonds is 2. The van der Waals surface area contributed by atoms with Crippen LogP contribution in [0, 0.1) is 0 Å². The molecule has 1 N–H and O–H groups in total. The summed E-state index contributed by atoms with van der Waals surface area (Å²) in [5, 5.41) is 2.78. The maximum Gasteiger partial charge on any atom is 0.221 e. The Balaban J connectivity index is 2.46. The van der Waals surface area contributed by atoms with E-state index < -0.39 is 0 Å². The number of carbonyl (C=O) groups is 2. The van der Waals surface area contributed by atoms with Crippen LogP contribution in [0.1, 0.15) is 34.8 Å². The number of nitrogens with one attached hydrogen (secondary N) is 1. The molecular formula is C12H13NO2. The first-order chi connectivity index (χ1) is 7.20. The molecule has 0 saturated carbocycles. The average molecular weight is 203 g/mol. The van der Waals surface area contributed by atoms with E-state index in [-0.39, 0.29) is 5.91 Å². The zero-order valence-electron chi connectivity index (χ0n) is 8.67. The van der Waals surface area contributed by atoms with Crippen LogP contribution in [0.25, 0.3) is 0 Å². The van der Waals surface area contributed by atoms with Crippen molar-refractivity contribution in [3.8, 4) is 0 Å². The Kier molecular flexibility index (Phi) is 2.54. The van der Waals surface area contributed by atoms with E-state index in [1.54, 1.807) is 6.07 Å². The highest BCUT2D eigenvalue weighted by molar-refractivity contribution is 5.91. The fourth-order valence-corrected chi connectivity index (χ4v) is 2.10. The van der Waals surface area contributed by atoms with E-state index in [9.17, 15) is 9.59 Å². The minimum absolute atomic E-state index is 0.0906. The zero-order valence-corrected chi connectivity index (χ0v) is 8.67. The fourth-order valence-electron chi connectivity index (χ4n) is 2.10. The van der Waals surface area contributed by atoms with Crippen molar-refractivity contribution in [1.82, 2.24) is 0 Å². The van der Waals surface area contributed by atoms with Gasteiger partial charge < -0.3 is 5.32 Å². The van der Waals surface area contributed by atoms with Crippen LogP contribution in [0.2, 0.25) is 0 Å². The third-order valence-electron chi connectivity index (χ3n) is 2.68. The highest BCUT2D eigenvalue weighted by atomic mass is 16.1. The van der Waals surface area contributed by atoms with E-state index in [0.717, 1.165) is 31.2 Å². The van der Waals surface area contributed by atoms with Gasteiger partial charge in [-0.2, -0.15) is 0 Å². The number of amides is 1. The van der Waals surface area contributed by atoms with Gasteiger partial charge in [-0.3, -0.25) is 9.59 Å². The van der Waals surface area contributed by atoms with Crippen LogP contribution in [0.15, 0.2) is 12.1 Å². The van der Waals surface area contributed by atoms with Gasteiger partial charge in [-0.15, -0.1) is 0 Å². The van der Waals surface area contributed by atoms with Gasteiger partial charge in [0.1, 0.15) is 6.29 Å². The van der Waals surface area contributed by atoms with Crippen molar-refractivity contribution < 1.29 is 9.59 Å². The number of aryl methyl sites for hydroxylation is 1. The van der Waals surface area contributed by atoms with Crippen molar-refractivity contribution in [3.63, 3.8) is 0 Å². The molecule has 1 aliphatic rings. The SMILES string of the molecule is CC(=O)Nc1cc(C=O)cc2c1CCC2. The lowest BCUT2D eigenvalue weighted by Crippen LogP contribution is -2.08. The van der Waals surface area contributed by atoms with Crippen molar-refractivity contribution in [2.24, 2.45) is 0 Å². The van der Waals surface area contributed by atoms with Gasteiger partial charge in [-0.05, 0) is 42.5 Å². The van der Waals surface area contributed by atoms with E-state index in [1.165, 1.54) is 18.1 Å². The third kappa shape index (κ3) is 1.91. The van der Waals surface area contributed by atoms with Gasteiger partial charge in [-0.1, -0.05) is 0 Å². The molecule has 2 rings (SSSR count). The first kappa shape index (κ1) is 9.90. The van der Waals surface area contributed by atoms with E-state index >= 15 is 0 Å². The molecule has 0 fully saturated rings. The lowest BCUT2D eigenvalue weighted by atomic mass is 10.0. The molecule has 0 aromatic heterocycles. The molecule has 15 heavy (non-hydrogen) atoms. The molecule has 1 aliphatic carbocycles. The molecule has 0 bridgehead atoms. The summed E-state index contributed by atoms with van der Waals surface area (Å²) in [5.74, 6) is -0.0906. The minimum atomic E-state index is -0.0906. The molecule has 0 heterocycles. The molecule has 3 nitrogen and oxygen atoms in total. The Bertz CT molecular complexity index is 424. The van der Waals surface area contributed by atoms with Crippen LogP contribution in [0.5, 0.6) is 0 Å². The van der Waals surface area contributed by atoms with Crippen molar-refractivity contribution in [2.75, 3.05) is 5.32 Å². The second-order valence-electron chi connectivity index (χ2n) is 3.86. The quantitative estimate of drug-likeness (QED) is 0.747. The van der Waals surface area contributed by atoms with E-state index in [2.05, 4.69) is 5.32 Å². The summed E-state index contributed by atoms with van der Waals surface area (Å²) >= 11 is 0. The second-order valence-corrected chi connectivity index (χ2v) is 3.86. The third-order valence-corrected chi connectivity index (χ3v) is 2.68. The molecule has 3 heteroatoms. The van der Waals surface area contributed by atoms with Crippen LogP contribution < -0.4 is 5.32 Å². The predicted molar refractivity (Wildman–Crippen MR) is 58.2 cm³/mol. The van der Waals surface area contributed by atoms with Gasteiger partial charge in [0.25, 0.3) is 0 Å². The molecule has 0 spiro atoms. The Labute approximate surface area is 88.5 Å². The van der Waals surface area contributed by atoms with Crippen LogP contribution >= 0.6 is 0 Å². The molecule has 1 amide bonds. The number of aldehydes is 1. The number of hydrogen-bond donors (Lipinski definition) is 1. The predicted octanol–water partition coefficient (Wildman–Crippen LogP) is 1.95. The normalized spacial score (nSPS) is 13.4. The summed E-state index contributed by atoms with van der Waals surface area (Å²) in [6, 6.07) is 3.67. The van der Waals surface area contributed by atoms with Gasteiger partial charge >= 0.3 is 0 Å². The van der Waals surface area contributed by atoms with Gasteiger partial charge in [0.2, 0.25) is 5.91 Å². The van der Waals surface area contributed by atoms with Crippen molar-refractivity contribution in [3.05, 3.63) is 28.8 Å². The topological polar surface area (TPSA) is 46.2 Å². The lowest BCUT2D eigenvalue weighted by Gasteiger charge is -2.09. The molecule has 0 saturated heterocycles. The van der Waals surface area contributed by atoms with Crippen LogP contribution in [0.4, 0.5) is 5.69 Å². The second kappa shape index (κ2) is 3.85. The number of hydrogen-bond acceptors (Lipinski definition) is 2. The molecule has 0 aliphatic heterocycles. The molecule has 1 aromatic carbocycles. The largest absolute Gasteiger partial charge is 0.326 e. The van der Waals surface area contributed by atoms with E-state index in [0.29, 0.717) is 5.56 Å². The smallest absolute Gasteiger partial charge is 0.221 e. The Hall–Kier alpha value is -1.64. The summed E-state index contributed by atoms with van der Waals surface area (Å²) in [6.45, 7) is 1.48. The number of carbonyl (C=O) groups excluding carboxylic acids is 2. The molecule has 78 valence electrons. The molecule has 0 unspecified atom stereocenters. The van der Waals surface area contributed by atoms with Gasteiger partial charge in [0.05, 0.1) is 0 Å². The number of benzene rings is 1. The van der Waals surface area contributed by atoms with Crippen molar-refractivity contribution >= 4 is 17.9 Å². The minimum Gasteiger partial charge on any atom is -0.326 e. The van der Waals surface area contributed by atoms with Gasteiger partial charge in [0, 0.05) is 18.2 Å². The van der Waals surface area contributed by atoms with E-state index in [1.807, 2.05) is 6.07 Å². The summed E-state index contributed by atoms with van der Waals surface area (Å²) < 4.78 is 0. The summed E-state index contributed by atoms with van der Waals surface area (Å²) in [4.78, 5) is 21.7. The molecular weight excluding hydrogens is 190 g/mol. The molecule has 0 radical (unpaired) electrons. The van der Waals surface area contributed by atoms with Crippen LogP contribution in [-0.2, 0) is 17.6 Å². The van der Waals surface area contributed by atoms with Crippen LogP contribution in [-0.4, -0.2) is 12.2 Å². The van der Waals surface area contributed by atoms with Crippen LogP contribution in [0.3, 0.4) is 0 Å². The lowest BCUT2D eigenvalue weighted by molar-refractivity contribution is -0.114. The number of fused-ring (bicyclic) bond motifs is 1. The highest BCUT2D eigenvalue weighted by Gasteiger charge is 2.16. The summed E-state index contributed by atoms with van der Waals surface area (Å²) in [6.07, 6.45) is 3.92. The monoisotopic (exact) mass is 203 g/mol. The average Bonchev–Trinajstić information content (AvgIpc) is 2.64. The summed E-state index contributed by atoms with van der Waals surface area (Å²) in [5.41, 5.74) is 3.83.